The summed E-state index contributed by atoms with van der Waals surface area (Å²) in [7, 11) is -4.39. The smallest absolute Gasteiger partial charge is 0.459 e. The van der Waals surface area contributed by atoms with Crippen molar-refractivity contribution in [3.05, 3.63) is 67.1 Å². The lowest BCUT2D eigenvalue weighted by molar-refractivity contribution is -0.148. The Kier molecular flexibility index (Phi) is 9.15. The number of halogens is 1. The van der Waals surface area contributed by atoms with Crippen LogP contribution in [0.3, 0.4) is 0 Å². The number of hydrogen-bond acceptors (Lipinski definition) is 9. The highest BCUT2D eigenvalue weighted by Crippen LogP contribution is 2.48. The SMILES string of the molecule is C=C1NC(=O)C=CN1[C@@H]1O[C@H](COP(=O)(N[C@@H](C)C(=O)OCC(C)(C)C)Oc2cccc3ccccc23)[C@@H](F)[C@@]1(C)O. The van der Waals surface area contributed by atoms with Crippen molar-refractivity contribution >= 4 is 30.4 Å². The van der Waals surface area contributed by atoms with Gasteiger partial charge in [0.25, 0.3) is 5.91 Å². The van der Waals surface area contributed by atoms with Crippen molar-refractivity contribution in [1.29, 1.82) is 0 Å². The maximum Gasteiger partial charge on any atom is 0.459 e. The quantitative estimate of drug-likeness (QED) is 0.268. The third-order valence-corrected chi connectivity index (χ3v) is 8.27. The monoisotopic (exact) mass is 605 g/mol. The second-order valence-corrected chi connectivity index (χ2v) is 13.4. The third-order valence-electron chi connectivity index (χ3n) is 6.64. The molecule has 1 unspecified atom stereocenters. The summed E-state index contributed by atoms with van der Waals surface area (Å²) in [5.41, 5.74) is -2.36. The van der Waals surface area contributed by atoms with Crippen LogP contribution >= 0.6 is 7.75 Å². The molecule has 1 amide bonds. The van der Waals surface area contributed by atoms with Crippen LogP contribution in [0, 0.1) is 5.41 Å². The molecule has 2 aromatic carbocycles. The van der Waals surface area contributed by atoms with E-state index in [-0.39, 0.29) is 23.6 Å². The summed E-state index contributed by atoms with van der Waals surface area (Å²) in [6, 6.07) is 11.3. The Morgan fingerprint density at radius 1 is 1.29 bits per heavy atom. The maximum atomic E-state index is 15.5. The number of carbonyl (C=O) groups excluding carboxylic acids is 2. The predicted octanol–water partition coefficient (Wildman–Crippen LogP) is 4.14. The van der Waals surface area contributed by atoms with E-state index in [0.29, 0.717) is 5.39 Å². The Balaban J connectivity index is 1.56. The van der Waals surface area contributed by atoms with Crippen LogP contribution < -0.4 is 14.9 Å². The minimum absolute atomic E-state index is 0.0794. The predicted molar refractivity (Wildman–Crippen MR) is 154 cm³/mol. The molecule has 42 heavy (non-hydrogen) atoms. The topological polar surface area (TPSA) is 136 Å². The van der Waals surface area contributed by atoms with Crippen molar-refractivity contribution in [2.75, 3.05) is 13.2 Å². The molecule has 3 N–H and O–H groups in total. The van der Waals surface area contributed by atoms with Gasteiger partial charge in [-0.2, -0.15) is 5.09 Å². The Morgan fingerprint density at radius 2 is 1.98 bits per heavy atom. The number of nitrogens with one attached hydrogen (secondary N) is 2. The van der Waals surface area contributed by atoms with Crippen molar-refractivity contribution < 1.29 is 42.2 Å². The van der Waals surface area contributed by atoms with Gasteiger partial charge in [0.15, 0.2) is 12.4 Å². The number of alkyl halides is 1. The number of benzene rings is 2. The molecule has 13 heteroatoms. The summed E-state index contributed by atoms with van der Waals surface area (Å²) in [5, 5.41) is 17.5. The van der Waals surface area contributed by atoms with E-state index in [1.54, 1.807) is 24.3 Å². The Bertz CT molecular complexity index is 1420. The van der Waals surface area contributed by atoms with Gasteiger partial charge in [-0.25, -0.2) is 8.96 Å². The number of aliphatic hydroxyl groups is 1. The molecule has 2 heterocycles. The molecule has 0 aromatic heterocycles. The van der Waals surface area contributed by atoms with Crippen LogP contribution in [-0.4, -0.2) is 65.2 Å². The highest BCUT2D eigenvalue weighted by molar-refractivity contribution is 7.52. The first-order valence-electron chi connectivity index (χ1n) is 13.4. The number of carbonyl (C=O) groups is 2. The van der Waals surface area contributed by atoms with Crippen molar-refractivity contribution in [2.24, 2.45) is 5.41 Å². The fourth-order valence-corrected chi connectivity index (χ4v) is 5.95. The second-order valence-electron chi connectivity index (χ2n) is 11.7. The van der Waals surface area contributed by atoms with E-state index >= 15 is 4.39 Å². The number of rotatable bonds is 10. The molecule has 0 aliphatic carbocycles. The normalized spacial score (nSPS) is 26.5. The van der Waals surface area contributed by atoms with Crippen LogP contribution in [0.5, 0.6) is 5.75 Å². The highest BCUT2D eigenvalue weighted by Gasteiger charge is 2.56. The van der Waals surface area contributed by atoms with E-state index in [9.17, 15) is 19.3 Å². The third kappa shape index (κ3) is 7.19. The largest absolute Gasteiger partial charge is 0.464 e. The zero-order chi connectivity index (χ0) is 30.9. The summed E-state index contributed by atoms with van der Waals surface area (Å²) in [5.74, 6) is -0.830. The maximum absolute atomic E-state index is 15.5. The van der Waals surface area contributed by atoms with E-state index in [1.165, 1.54) is 31.0 Å². The van der Waals surface area contributed by atoms with Crippen molar-refractivity contribution in [2.45, 2.75) is 64.8 Å². The minimum Gasteiger partial charge on any atom is -0.464 e. The minimum atomic E-state index is -4.39. The van der Waals surface area contributed by atoms with Gasteiger partial charge in [0.2, 0.25) is 0 Å². The zero-order valence-corrected chi connectivity index (χ0v) is 25.1. The summed E-state index contributed by atoms with van der Waals surface area (Å²) in [6.45, 7) is 11.6. The summed E-state index contributed by atoms with van der Waals surface area (Å²) in [6.07, 6.45) is -2.19. The molecule has 0 bridgehead atoms. The van der Waals surface area contributed by atoms with Gasteiger partial charge in [-0.05, 0) is 30.7 Å². The van der Waals surface area contributed by atoms with E-state index in [0.717, 1.165) is 5.39 Å². The molecule has 11 nitrogen and oxygen atoms in total. The van der Waals surface area contributed by atoms with E-state index in [4.69, 9.17) is 18.5 Å². The average molecular weight is 606 g/mol. The molecule has 0 spiro atoms. The van der Waals surface area contributed by atoms with Gasteiger partial charge in [-0.1, -0.05) is 63.7 Å². The number of nitrogens with zero attached hydrogens (tertiary/aromatic N) is 1. The van der Waals surface area contributed by atoms with Gasteiger partial charge in [-0.3, -0.25) is 14.1 Å². The molecule has 2 aliphatic heterocycles. The van der Waals surface area contributed by atoms with Crippen molar-refractivity contribution in [1.82, 2.24) is 15.3 Å². The second kappa shape index (κ2) is 12.1. The lowest BCUT2D eigenvalue weighted by Crippen LogP contribution is -2.52. The fourth-order valence-electron chi connectivity index (χ4n) is 4.43. The Hall–Kier alpha value is -3.28. The van der Waals surface area contributed by atoms with Crippen LogP contribution in [-0.2, 0) is 28.2 Å². The first kappa shape index (κ1) is 31.7. The number of esters is 1. The molecule has 1 fully saturated rings. The molecule has 0 saturated carbocycles. The van der Waals surface area contributed by atoms with Crippen LogP contribution in [0.2, 0.25) is 0 Å². The summed E-state index contributed by atoms with van der Waals surface area (Å²) in [4.78, 5) is 25.6. The van der Waals surface area contributed by atoms with Crippen LogP contribution in [0.4, 0.5) is 4.39 Å². The van der Waals surface area contributed by atoms with Gasteiger partial charge >= 0.3 is 13.7 Å². The molecule has 6 atom stereocenters. The first-order valence-corrected chi connectivity index (χ1v) is 15.0. The molecule has 2 aromatic rings. The number of fused-ring (bicyclic) bond motifs is 1. The van der Waals surface area contributed by atoms with Gasteiger partial charge in [0.1, 0.15) is 29.3 Å². The van der Waals surface area contributed by atoms with Gasteiger partial charge in [-0.15, -0.1) is 0 Å². The molecular weight excluding hydrogens is 568 g/mol. The van der Waals surface area contributed by atoms with Crippen LogP contribution in [0.25, 0.3) is 10.8 Å². The van der Waals surface area contributed by atoms with Crippen LogP contribution in [0.1, 0.15) is 34.6 Å². The van der Waals surface area contributed by atoms with Gasteiger partial charge in [0, 0.05) is 17.7 Å². The van der Waals surface area contributed by atoms with E-state index in [1.807, 2.05) is 39.0 Å². The molecule has 4 rings (SSSR count). The van der Waals surface area contributed by atoms with Crippen molar-refractivity contribution in [3.8, 4) is 5.75 Å². The molecule has 1 saturated heterocycles. The molecular formula is C29H37FN3O8P. The lowest BCUT2D eigenvalue weighted by atomic mass is 9.97. The highest BCUT2D eigenvalue weighted by atomic mass is 31.2. The summed E-state index contributed by atoms with van der Waals surface area (Å²) < 4.78 is 52.4. The fraction of sp³-hybridized carbons (Fsp3) is 0.448. The average Bonchev–Trinajstić information content (AvgIpc) is 3.14. The van der Waals surface area contributed by atoms with Crippen molar-refractivity contribution in [3.63, 3.8) is 0 Å². The standard InChI is InChI=1S/C29H37FN3O8P/c1-18(26(35)38-17-28(3,4)5)32-42(37,41-22-13-9-11-20-10-7-8-12-21(20)22)39-16-23-25(30)29(6,36)27(40-23)33-15-14-24(34)31-19(33)2/h7-15,18,23,25,27,36H,2,16-17H2,1,3-6H3,(H,31,34)(H,32,37)/t18-,23+,25+,27+,29+,42?/m0/s1. The molecule has 228 valence electrons. The molecule has 0 radical (unpaired) electrons. The Morgan fingerprint density at radius 3 is 2.67 bits per heavy atom. The lowest BCUT2D eigenvalue weighted by Gasteiger charge is -2.36. The zero-order valence-electron chi connectivity index (χ0n) is 24.2. The van der Waals surface area contributed by atoms with E-state index in [2.05, 4.69) is 17.0 Å². The number of hydrogen-bond donors (Lipinski definition) is 3. The molecule has 2 aliphatic rings. The number of amides is 1. The van der Waals surface area contributed by atoms with Crippen LogP contribution in [0.15, 0.2) is 67.1 Å². The summed E-state index contributed by atoms with van der Waals surface area (Å²) >= 11 is 0. The Labute approximate surface area is 244 Å². The van der Waals surface area contributed by atoms with E-state index < -0.39 is 56.4 Å². The van der Waals surface area contributed by atoms with Gasteiger partial charge in [0.05, 0.1) is 13.2 Å². The van der Waals surface area contributed by atoms with Gasteiger partial charge < -0.3 is 29.3 Å². The first-order chi connectivity index (χ1) is 19.6. The number of ether oxygens (including phenoxy) is 2.